The van der Waals surface area contributed by atoms with Crippen LogP contribution in [0.3, 0.4) is 0 Å². The van der Waals surface area contributed by atoms with Crippen LogP contribution < -0.4 is 4.72 Å². The first-order valence-electron chi connectivity index (χ1n) is 9.52. The molecule has 1 aliphatic rings. The number of aryl methyl sites for hydroxylation is 1. The molecule has 4 rings (SSSR count). The van der Waals surface area contributed by atoms with Gasteiger partial charge in [-0.15, -0.1) is 5.10 Å². The Morgan fingerprint density at radius 2 is 1.97 bits per heavy atom. The molecule has 2 aromatic heterocycles. The molecule has 1 aromatic carbocycles. The monoisotopic (exact) mass is 450 g/mol. The van der Waals surface area contributed by atoms with Crippen molar-refractivity contribution in [1.82, 2.24) is 24.6 Å². The Kier molecular flexibility index (Phi) is 5.48. The zero-order valence-electron chi connectivity index (χ0n) is 16.7. The molecule has 160 valence electrons. The van der Waals surface area contributed by atoms with Gasteiger partial charge in [0.15, 0.2) is 5.82 Å². The van der Waals surface area contributed by atoms with Crippen molar-refractivity contribution in [2.24, 2.45) is 0 Å². The first kappa shape index (κ1) is 20.7. The number of benzene rings is 1. The van der Waals surface area contributed by atoms with E-state index in [-0.39, 0.29) is 11.8 Å². The number of sulfonamides is 1. The predicted molar refractivity (Wildman–Crippen MR) is 116 cm³/mol. The minimum Gasteiger partial charge on any atom is -0.356 e. The van der Waals surface area contributed by atoms with Gasteiger partial charge in [0.05, 0.1) is 16.8 Å². The molecule has 0 atom stereocenters. The van der Waals surface area contributed by atoms with Crippen molar-refractivity contribution < 1.29 is 13.2 Å². The minimum atomic E-state index is -3.44. The maximum absolute atomic E-state index is 12.7. The van der Waals surface area contributed by atoms with E-state index in [1.165, 1.54) is 17.8 Å². The van der Waals surface area contributed by atoms with E-state index in [1.54, 1.807) is 4.90 Å². The topological polar surface area (TPSA) is 103 Å². The van der Waals surface area contributed by atoms with Crippen molar-refractivity contribution >= 4 is 44.4 Å². The number of para-hydroxylation sites is 1. The number of rotatable bonds is 4. The molecule has 9 nitrogen and oxygen atoms in total. The molecule has 0 spiro atoms. The van der Waals surface area contributed by atoms with E-state index in [9.17, 15) is 13.2 Å². The van der Waals surface area contributed by atoms with Gasteiger partial charge in [-0.05, 0) is 18.6 Å². The predicted octanol–water partition coefficient (Wildman–Crippen LogP) is 2.48. The van der Waals surface area contributed by atoms with Crippen molar-refractivity contribution in [3.63, 3.8) is 0 Å². The van der Waals surface area contributed by atoms with Gasteiger partial charge in [0.1, 0.15) is 0 Å². The van der Waals surface area contributed by atoms with Crippen molar-refractivity contribution in [2.75, 3.05) is 37.2 Å². The van der Waals surface area contributed by atoms with Crippen LogP contribution in [0.2, 0.25) is 5.02 Å². The van der Waals surface area contributed by atoms with Crippen LogP contribution in [0.4, 0.5) is 10.6 Å². The van der Waals surface area contributed by atoms with Gasteiger partial charge in [0, 0.05) is 56.1 Å². The lowest BCUT2D eigenvalue weighted by atomic mass is 10.1. The smallest absolute Gasteiger partial charge is 0.344 e. The second kappa shape index (κ2) is 7.93. The molecule has 0 aliphatic carbocycles. The van der Waals surface area contributed by atoms with Gasteiger partial charge in [-0.1, -0.05) is 23.7 Å². The standard InChI is InChI=1S/C19H23ClN6O3S/c1-13-14-4-3-5-15(20)18(14)21-16(13)12-24-8-10-25(11-9-24)19(27)26-7-6-17(22-26)23-30(2,28)29/h3-7,21H,8-12H2,1-2H3,(H,22,23). The van der Waals surface area contributed by atoms with Crippen molar-refractivity contribution in [3.8, 4) is 0 Å². The van der Waals surface area contributed by atoms with Crippen LogP contribution in [-0.2, 0) is 16.6 Å². The Labute approximate surface area is 179 Å². The zero-order chi connectivity index (χ0) is 21.5. The van der Waals surface area contributed by atoms with Crippen LogP contribution in [0.25, 0.3) is 10.9 Å². The summed E-state index contributed by atoms with van der Waals surface area (Å²) in [5.74, 6) is 0.123. The molecule has 1 fully saturated rings. The van der Waals surface area contributed by atoms with E-state index >= 15 is 0 Å². The third-order valence-electron chi connectivity index (χ3n) is 5.25. The van der Waals surface area contributed by atoms with Crippen LogP contribution >= 0.6 is 11.6 Å². The normalized spacial score (nSPS) is 15.6. The summed E-state index contributed by atoms with van der Waals surface area (Å²) in [6.45, 7) is 5.42. The number of nitrogens with one attached hydrogen (secondary N) is 2. The Bertz CT molecular complexity index is 1190. The summed E-state index contributed by atoms with van der Waals surface area (Å²) in [7, 11) is -3.44. The average molecular weight is 451 g/mol. The summed E-state index contributed by atoms with van der Waals surface area (Å²) in [6.07, 6.45) is 2.50. The number of amides is 1. The first-order valence-corrected chi connectivity index (χ1v) is 11.8. The van der Waals surface area contributed by atoms with Gasteiger partial charge in [0.25, 0.3) is 0 Å². The van der Waals surface area contributed by atoms with Crippen molar-refractivity contribution in [2.45, 2.75) is 13.5 Å². The Morgan fingerprint density at radius 1 is 1.23 bits per heavy atom. The number of anilines is 1. The fourth-order valence-electron chi connectivity index (χ4n) is 3.67. The molecule has 11 heteroatoms. The SMILES string of the molecule is Cc1c(CN2CCN(C(=O)n3ccc(NS(C)(=O)=O)n3)CC2)[nH]c2c(Cl)cccc12. The number of nitrogens with zero attached hydrogens (tertiary/aromatic N) is 4. The lowest BCUT2D eigenvalue weighted by Gasteiger charge is -2.34. The number of piperazine rings is 1. The van der Waals surface area contributed by atoms with Gasteiger partial charge < -0.3 is 9.88 Å². The summed E-state index contributed by atoms with van der Waals surface area (Å²) in [4.78, 5) is 20.1. The maximum atomic E-state index is 12.7. The third-order valence-corrected chi connectivity index (χ3v) is 6.14. The highest BCUT2D eigenvalue weighted by atomic mass is 35.5. The van der Waals surface area contributed by atoms with E-state index in [0.29, 0.717) is 18.1 Å². The summed E-state index contributed by atoms with van der Waals surface area (Å²) >= 11 is 6.30. The van der Waals surface area contributed by atoms with Crippen molar-refractivity contribution in [3.05, 3.63) is 46.7 Å². The Balaban J connectivity index is 1.38. The average Bonchev–Trinajstić information content (AvgIpc) is 3.27. The summed E-state index contributed by atoms with van der Waals surface area (Å²) in [5, 5.41) is 5.84. The fourth-order valence-corrected chi connectivity index (χ4v) is 4.38. The molecular weight excluding hydrogens is 428 g/mol. The van der Waals surface area contributed by atoms with Crippen LogP contribution in [-0.4, -0.2) is 71.4 Å². The molecule has 1 saturated heterocycles. The molecule has 3 heterocycles. The fraction of sp³-hybridized carbons (Fsp3) is 0.368. The van der Waals surface area contributed by atoms with Gasteiger partial charge in [-0.2, -0.15) is 4.68 Å². The lowest BCUT2D eigenvalue weighted by molar-refractivity contribution is 0.133. The van der Waals surface area contributed by atoms with E-state index in [2.05, 4.69) is 32.7 Å². The highest BCUT2D eigenvalue weighted by molar-refractivity contribution is 7.92. The quantitative estimate of drug-likeness (QED) is 0.635. The summed E-state index contributed by atoms with van der Waals surface area (Å²) < 4.78 is 26.0. The van der Waals surface area contributed by atoms with Gasteiger partial charge in [0.2, 0.25) is 10.0 Å². The van der Waals surface area contributed by atoms with Crippen LogP contribution in [0, 0.1) is 6.92 Å². The molecule has 0 saturated carbocycles. The van der Waals surface area contributed by atoms with Crippen LogP contribution in [0.5, 0.6) is 0 Å². The molecule has 0 bridgehead atoms. The second-order valence-corrected chi connectivity index (χ2v) is 9.61. The number of hydrogen-bond acceptors (Lipinski definition) is 5. The number of carbonyl (C=O) groups excluding carboxylic acids is 1. The zero-order valence-corrected chi connectivity index (χ0v) is 18.3. The maximum Gasteiger partial charge on any atom is 0.344 e. The number of fused-ring (bicyclic) bond motifs is 1. The Hall–Kier alpha value is -2.56. The summed E-state index contributed by atoms with van der Waals surface area (Å²) in [5.41, 5.74) is 3.27. The Morgan fingerprint density at radius 3 is 2.63 bits per heavy atom. The molecule has 2 N–H and O–H groups in total. The van der Waals surface area contributed by atoms with E-state index in [0.717, 1.165) is 47.2 Å². The molecule has 0 radical (unpaired) electrons. The number of hydrogen-bond donors (Lipinski definition) is 2. The minimum absolute atomic E-state index is 0.123. The molecular formula is C19H23ClN6O3S. The second-order valence-electron chi connectivity index (χ2n) is 7.46. The molecule has 30 heavy (non-hydrogen) atoms. The largest absolute Gasteiger partial charge is 0.356 e. The van der Waals surface area contributed by atoms with Gasteiger partial charge in [-0.3, -0.25) is 9.62 Å². The van der Waals surface area contributed by atoms with Gasteiger partial charge in [-0.25, -0.2) is 13.2 Å². The van der Waals surface area contributed by atoms with E-state index < -0.39 is 10.0 Å². The number of aromatic nitrogens is 3. The molecule has 1 amide bonds. The van der Waals surface area contributed by atoms with Crippen molar-refractivity contribution in [1.29, 1.82) is 0 Å². The molecule has 1 aliphatic heterocycles. The number of carbonyl (C=O) groups is 1. The summed E-state index contributed by atoms with van der Waals surface area (Å²) in [6, 6.07) is 7.07. The third kappa shape index (κ3) is 4.30. The number of aromatic amines is 1. The highest BCUT2D eigenvalue weighted by Crippen LogP contribution is 2.28. The number of halogens is 1. The van der Waals surface area contributed by atoms with E-state index in [1.807, 2.05) is 12.1 Å². The van der Waals surface area contributed by atoms with Crippen LogP contribution in [0.15, 0.2) is 30.5 Å². The number of H-pyrrole nitrogens is 1. The van der Waals surface area contributed by atoms with E-state index in [4.69, 9.17) is 11.6 Å². The lowest BCUT2D eigenvalue weighted by Crippen LogP contribution is -2.49. The highest BCUT2D eigenvalue weighted by Gasteiger charge is 2.24. The molecule has 3 aromatic rings. The first-order chi connectivity index (χ1) is 14.2. The van der Waals surface area contributed by atoms with Gasteiger partial charge >= 0.3 is 6.03 Å². The van der Waals surface area contributed by atoms with Crippen LogP contribution in [0.1, 0.15) is 11.3 Å². The molecule has 0 unspecified atom stereocenters.